The van der Waals surface area contributed by atoms with E-state index in [4.69, 9.17) is 0 Å². The van der Waals surface area contributed by atoms with Gasteiger partial charge in [0.05, 0.1) is 0 Å². The number of rotatable bonds is 6. The van der Waals surface area contributed by atoms with Gasteiger partial charge in [-0.15, -0.1) is 12.4 Å². The van der Waals surface area contributed by atoms with Gasteiger partial charge in [0.15, 0.2) is 0 Å². The average Bonchev–Trinajstić information content (AvgIpc) is 2.91. The average molecular weight is 327 g/mol. The van der Waals surface area contributed by atoms with E-state index in [-0.39, 0.29) is 30.4 Å². The number of nitrogens with one attached hydrogen (secondary N) is 3. The van der Waals surface area contributed by atoms with Crippen LogP contribution < -0.4 is 20.9 Å². The minimum Gasteiger partial charge on any atom is -0.350 e. The molecule has 1 heterocycles. The van der Waals surface area contributed by atoms with Gasteiger partial charge < -0.3 is 16.0 Å². The van der Waals surface area contributed by atoms with Gasteiger partial charge in [0, 0.05) is 36.9 Å². The monoisotopic (exact) mass is 326 g/mol. The van der Waals surface area contributed by atoms with Gasteiger partial charge in [-0.2, -0.15) is 0 Å². The Hall–Kier alpha value is -1.79. The normalized spacial score (nSPS) is 15.0. The molecule has 22 heavy (non-hydrogen) atoms. The van der Waals surface area contributed by atoms with Gasteiger partial charge in [-0.05, 0) is 37.7 Å². The highest BCUT2D eigenvalue weighted by atomic mass is 35.5. The summed E-state index contributed by atoms with van der Waals surface area (Å²) in [7, 11) is 0. The molecule has 1 aliphatic rings. The summed E-state index contributed by atoms with van der Waals surface area (Å²) < 4.78 is 0. The van der Waals surface area contributed by atoms with Crippen molar-refractivity contribution in [3.05, 3.63) is 29.8 Å². The van der Waals surface area contributed by atoms with Crippen molar-refractivity contribution in [1.29, 1.82) is 0 Å². The highest BCUT2D eigenvalue weighted by Gasteiger charge is 2.21. The second kappa shape index (κ2) is 8.60. The molecular weight excluding hydrogens is 304 g/mol. The van der Waals surface area contributed by atoms with Gasteiger partial charge in [-0.1, -0.05) is 6.92 Å². The van der Waals surface area contributed by atoms with Crippen molar-refractivity contribution in [1.82, 2.24) is 16.0 Å². The van der Waals surface area contributed by atoms with Crippen LogP contribution in [-0.2, 0) is 0 Å². The third kappa shape index (κ3) is 4.61. The Bertz CT molecular complexity index is 507. The van der Waals surface area contributed by atoms with Crippen LogP contribution in [-0.4, -0.2) is 44.2 Å². The molecule has 0 aliphatic carbocycles. The maximum absolute atomic E-state index is 12.0. The van der Waals surface area contributed by atoms with E-state index in [9.17, 15) is 9.59 Å². The first-order chi connectivity index (χ1) is 10.1. The number of anilines is 1. The zero-order valence-electron chi connectivity index (χ0n) is 12.9. The number of urea groups is 1. The van der Waals surface area contributed by atoms with Crippen LogP contribution in [0.15, 0.2) is 24.3 Å². The molecule has 7 heteroatoms. The number of carbonyl (C=O) groups excluding carboxylic acids is 2. The van der Waals surface area contributed by atoms with Gasteiger partial charge in [0.1, 0.15) is 0 Å². The largest absolute Gasteiger partial charge is 0.350 e. The van der Waals surface area contributed by atoms with E-state index in [1.54, 1.807) is 29.2 Å². The van der Waals surface area contributed by atoms with Gasteiger partial charge >= 0.3 is 6.03 Å². The molecule has 0 aromatic heterocycles. The number of nitrogens with zero attached hydrogens (tertiary/aromatic N) is 1. The highest BCUT2D eigenvalue weighted by molar-refractivity contribution is 5.97. The van der Waals surface area contributed by atoms with E-state index >= 15 is 0 Å². The maximum Gasteiger partial charge on any atom is 0.321 e. The zero-order valence-corrected chi connectivity index (χ0v) is 13.7. The summed E-state index contributed by atoms with van der Waals surface area (Å²) in [5, 5.41) is 8.88. The van der Waals surface area contributed by atoms with E-state index in [2.05, 4.69) is 16.0 Å². The fraction of sp³-hybridized carbons (Fsp3) is 0.467. The minimum atomic E-state index is -0.0998. The Morgan fingerprint density at radius 2 is 2.05 bits per heavy atom. The van der Waals surface area contributed by atoms with Crippen LogP contribution in [0, 0.1) is 0 Å². The van der Waals surface area contributed by atoms with Crippen LogP contribution in [0.1, 0.15) is 24.2 Å². The van der Waals surface area contributed by atoms with Gasteiger partial charge in [0.2, 0.25) is 0 Å². The number of halogens is 1. The van der Waals surface area contributed by atoms with E-state index in [1.165, 1.54) is 0 Å². The lowest BCUT2D eigenvalue weighted by Gasteiger charge is -2.15. The van der Waals surface area contributed by atoms with Gasteiger partial charge in [-0.25, -0.2) is 4.79 Å². The van der Waals surface area contributed by atoms with Crippen LogP contribution in [0.3, 0.4) is 0 Å². The van der Waals surface area contributed by atoms with Crippen molar-refractivity contribution in [2.24, 2.45) is 0 Å². The first-order valence-electron chi connectivity index (χ1n) is 7.29. The van der Waals surface area contributed by atoms with Crippen LogP contribution in [0.5, 0.6) is 0 Å². The molecule has 0 radical (unpaired) electrons. The predicted octanol–water partition coefficient (Wildman–Crippen LogP) is 1.37. The highest BCUT2D eigenvalue weighted by Crippen LogP contribution is 2.17. The predicted molar refractivity (Wildman–Crippen MR) is 89.9 cm³/mol. The topological polar surface area (TPSA) is 73.5 Å². The summed E-state index contributed by atoms with van der Waals surface area (Å²) in [5.41, 5.74) is 1.41. The second-order valence-corrected chi connectivity index (χ2v) is 5.10. The number of hydrogen-bond acceptors (Lipinski definition) is 3. The maximum atomic E-state index is 12.0. The van der Waals surface area contributed by atoms with Crippen LogP contribution in [0.2, 0.25) is 0 Å². The first kappa shape index (κ1) is 18.3. The molecule has 1 aromatic rings. The lowest BCUT2D eigenvalue weighted by molar-refractivity contribution is 0.0950. The Morgan fingerprint density at radius 3 is 2.59 bits per heavy atom. The molecule has 3 amide bonds. The van der Waals surface area contributed by atoms with E-state index < -0.39 is 0 Å². The smallest absolute Gasteiger partial charge is 0.321 e. The first-order valence-corrected chi connectivity index (χ1v) is 7.29. The Labute approximate surface area is 137 Å². The van der Waals surface area contributed by atoms with Crippen LogP contribution >= 0.6 is 12.4 Å². The van der Waals surface area contributed by atoms with Crippen molar-refractivity contribution in [3.63, 3.8) is 0 Å². The zero-order chi connectivity index (χ0) is 15.2. The summed E-state index contributed by atoms with van der Waals surface area (Å²) in [6.07, 6.45) is 0. The molecule has 1 atom stereocenters. The summed E-state index contributed by atoms with van der Waals surface area (Å²) in [6.45, 7) is 6.84. The molecular formula is C15H23ClN4O2. The van der Waals surface area contributed by atoms with E-state index in [0.717, 1.165) is 12.2 Å². The van der Waals surface area contributed by atoms with Crippen molar-refractivity contribution < 1.29 is 9.59 Å². The van der Waals surface area contributed by atoms with Crippen molar-refractivity contribution >= 4 is 30.0 Å². The van der Waals surface area contributed by atoms with Crippen LogP contribution in [0.25, 0.3) is 0 Å². The SMILES string of the molecule is CCN[C@H](C)CNC(=O)c1ccc(N2CCNC2=O)cc1.Cl. The Morgan fingerprint density at radius 1 is 1.36 bits per heavy atom. The van der Waals surface area contributed by atoms with Crippen molar-refractivity contribution in [2.75, 3.05) is 31.1 Å². The van der Waals surface area contributed by atoms with Gasteiger partial charge in [0.25, 0.3) is 5.91 Å². The third-order valence-corrected chi connectivity index (χ3v) is 3.42. The second-order valence-electron chi connectivity index (χ2n) is 5.10. The fourth-order valence-corrected chi connectivity index (χ4v) is 2.28. The molecule has 0 saturated carbocycles. The van der Waals surface area contributed by atoms with E-state index in [0.29, 0.717) is 25.2 Å². The molecule has 1 saturated heterocycles. The Kier molecular flexibility index (Phi) is 7.14. The summed E-state index contributed by atoms with van der Waals surface area (Å²) >= 11 is 0. The molecule has 122 valence electrons. The quantitative estimate of drug-likeness (QED) is 0.739. The fourth-order valence-electron chi connectivity index (χ4n) is 2.28. The van der Waals surface area contributed by atoms with Crippen molar-refractivity contribution in [2.45, 2.75) is 19.9 Å². The molecule has 1 fully saturated rings. The molecule has 1 aliphatic heterocycles. The molecule has 6 nitrogen and oxygen atoms in total. The van der Waals surface area contributed by atoms with E-state index in [1.807, 2.05) is 13.8 Å². The van der Waals surface area contributed by atoms with Crippen molar-refractivity contribution in [3.8, 4) is 0 Å². The molecule has 1 aromatic carbocycles. The van der Waals surface area contributed by atoms with Crippen LogP contribution in [0.4, 0.5) is 10.5 Å². The standard InChI is InChI=1S/C15H22N4O2.ClH/c1-3-16-11(2)10-18-14(20)12-4-6-13(7-5-12)19-9-8-17-15(19)21;/h4-7,11,16H,3,8-10H2,1-2H3,(H,17,21)(H,18,20);1H/t11-;/m1./s1. The minimum absolute atomic E-state index is 0. The molecule has 2 rings (SSSR count). The molecule has 0 bridgehead atoms. The van der Waals surface area contributed by atoms with Gasteiger partial charge in [-0.3, -0.25) is 9.69 Å². The lowest BCUT2D eigenvalue weighted by Crippen LogP contribution is -2.38. The number of amides is 3. The molecule has 0 spiro atoms. The number of likely N-dealkylation sites (N-methyl/N-ethyl adjacent to an activating group) is 1. The number of carbonyl (C=O) groups is 2. The number of hydrogen-bond donors (Lipinski definition) is 3. The number of benzene rings is 1. The molecule has 3 N–H and O–H groups in total. The summed E-state index contributed by atoms with van der Waals surface area (Å²) in [5.74, 6) is -0.0998. The Balaban J connectivity index is 0.00000242. The molecule has 0 unspecified atom stereocenters. The lowest BCUT2D eigenvalue weighted by atomic mass is 10.2. The summed E-state index contributed by atoms with van der Waals surface area (Å²) in [4.78, 5) is 25.2. The third-order valence-electron chi connectivity index (χ3n) is 3.42. The summed E-state index contributed by atoms with van der Waals surface area (Å²) in [6, 6.07) is 7.24.